The van der Waals surface area contributed by atoms with Gasteiger partial charge in [-0.3, -0.25) is 4.79 Å². The Morgan fingerprint density at radius 1 is 1.35 bits per heavy atom. The predicted molar refractivity (Wildman–Crippen MR) is 79.5 cm³/mol. The Morgan fingerprint density at radius 3 is 2.55 bits per heavy atom. The van der Waals surface area contributed by atoms with Gasteiger partial charge in [-0.25, -0.2) is 13.1 Å². The van der Waals surface area contributed by atoms with E-state index < -0.39 is 16.1 Å². The lowest BCUT2D eigenvalue weighted by molar-refractivity contribution is -0.122. The van der Waals surface area contributed by atoms with Gasteiger partial charge in [0.2, 0.25) is 15.9 Å². The normalized spacial score (nSPS) is 24.9. The number of carbonyl (C=O) groups is 1. The van der Waals surface area contributed by atoms with Crippen molar-refractivity contribution in [1.82, 2.24) is 10.0 Å². The van der Waals surface area contributed by atoms with Crippen molar-refractivity contribution in [2.75, 3.05) is 12.8 Å². The van der Waals surface area contributed by atoms with Crippen molar-refractivity contribution in [1.29, 1.82) is 0 Å². The zero-order chi connectivity index (χ0) is 15.3. The van der Waals surface area contributed by atoms with Crippen molar-refractivity contribution in [3.63, 3.8) is 0 Å². The smallest absolute Gasteiger partial charge is 0.236 e. The summed E-state index contributed by atoms with van der Waals surface area (Å²) in [4.78, 5) is 11.9. The molecule has 1 fully saturated rings. The van der Waals surface area contributed by atoms with Gasteiger partial charge in [0.1, 0.15) is 0 Å². The molecule has 0 radical (unpaired) electrons. The summed E-state index contributed by atoms with van der Waals surface area (Å²) in [6.07, 6.45) is 4.55. The molecule has 1 aliphatic carbocycles. The summed E-state index contributed by atoms with van der Waals surface area (Å²) in [6, 6.07) is -0.565. The third-order valence-electron chi connectivity index (χ3n) is 3.63. The van der Waals surface area contributed by atoms with E-state index in [0.29, 0.717) is 18.9 Å². The molecule has 2 unspecified atom stereocenters. The molecule has 0 saturated heterocycles. The highest BCUT2D eigenvalue weighted by atomic mass is 32.2. The molecule has 0 aliphatic heterocycles. The summed E-state index contributed by atoms with van der Waals surface area (Å²) in [7, 11) is -3.20. The first-order chi connectivity index (χ1) is 9.19. The summed E-state index contributed by atoms with van der Waals surface area (Å²) in [6.45, 7) is 4.53. The van der Waals surface area contributed by atoms with Gasteiger partial charge in [0, 0.05) is 12.6 Å². The van der Waals surface area contributed by atoms with Crippen molar-refractivity contribution in [2.45, 2.75) is 51.6 Å². The van der Waals surface area contributed by atoms with E-state index in [1.165, 1.54) is 6.26 Å². The Bertz CT molecular complexity index is 423. The van der Waals surface area contributed by atoms with Crippen LogP contribution in [-0.4, -0.2) is 39.2 Å². The second-order valence-electron chi connectivity index (χ2n) is 6.17. The van der Waals surface area contributed by atoms with E-state index in [1.807, 2.05) is 13.8 Å². The number of sulfonamides is 1. The Kier molecular flexibility index (Phi) is 6.42. The topological polar surface area (TPSA) is 101 Å². The summed E-state index contributed by atoms with van der Waals surface area (Å²) in [5.41, 5.74) is 5.82. The molecule has 0 aromatic rings. The highest BCUT2D eigenvalue weighted by Gasteiger charge is 2.30. The fourth-order valence-corrected chi connectivity index (χ4v) is 3.55. The minimum Gasteiger partial charge on any atom is -0.354 e. The number of nitrogens with one attached hydrogen (secondary N) is 2. The van der Waals surface area contributed by atoms with E-state index in [0.717, 1.165) is 19.3 Å². The van der Waals surface area contributed by atoms with Crippen molar-refractivity contribution in [3.05, 3.63) is 0 Å². The van der Waals surface area contributed by atoms with Crippen LogP contribution in [0.2, 0.25) is 0 Å². The zero-order valence-corrected chi connectivity index (χ0v) is 13.4. The van der Waals surface area contributed by atoms with Crippen LogP contribution in [0.25, 0.3) is 0 Å². The highest BCUT2D eigenvalue weighted by Crippen LogP contribution is 2.25. The molecule has 1 aliphatic rings. The Hall–Kier alpha value is -0.660. The van der Waals surface area contributed by atoms with Gasteiger partial charge in [-0.15, -0.1) is 0 Å². The van der Waals surface area contributed by atoms with Gasteiger partial charge in [0.05, 0.1) is 12.3 Å². The molecule has 0 spiro atoms. The van der Waals surface area contributed by atoms with Gasteiger partial charge < -0.3 is 11.1 Å². The maximum atomic E-state index is 11.9. The number of rotatable bonds is 7. The van der Waals surface area contributed by atoms with E-state index in [1.54, 1.807) is 0 Å². The molecule has 0 aromatic heterocycles. The van der Waals surface area contributed by atoms with Gasteiger partial charge in [0.25, 0.3) is 0 Å². The average molecular weight is 305 g/mol. The van der Waals surface area contributed by atoms with Crippen LogP contribution in [0.3, 0.4) is 0 Å². The summed E-state index contributed by atoms with van der Waals surface area (Å²) < 4.78 is 25.2. The molecule has 4 N–H and O–H groups in total. The lowest BCUT2D eigenvalue weighted by Gasteiger charge is -2.21. The largest absolute Gasteiger partial charge is 0.354 e. The lowest BCUT2D eigenvalue weighted by Crippen LogP contribution is -2.46. The molecule has 7 heteroatoms. The molecule has 1 saturated carbocycles. The Morgan fingerprint density at radius 2 is 2.00 bits per heavy atom. The lowest BCUT2D eigenvalue weighted by atomic mass is 10.0. The third kappa shape index (κ3) is 6.19. The molecule has 6 nitrogen and oxygen atoms in total. The van der Waals surface area contributed by atoms with Gasteiger partial charge in [0.15, 0.2) is 0 Å². The average Bonchev–Trinajstić information content (AvgIpc) is 2.69. The van der Waals surface area contributed by atoms with Gasteiger partial charge in [-0.05, 0) is 31.1 Å². The first kappa shape index (κ1) is 17.4. The highest BCUT2D eigenvalue weighted by molar-refractivity contribution is 7.88. The fourth-order valence-electron chi connectivity index (χ4n) is 2.69. The molecule has 0 aromatic carbocycles. The molecular formula is C13H27N3O3S. The van der Waals surface area contributed by atoms with Crippen molar-refractivity contribution < 1.29 is 13.2 Å². The SMILES string of the molecule is CC(C)C[C@H](N)C(=O)NCC1CCCC1NS(C)(=O)=O. The van der Waals surface area contributed by atoms with E-state index in [9.17, 15) is 13.2 Å². The quantitative estimate of drug-likeness (QED) is 0.625. The number of carbonyl (C=O) groups excluding carboxylic acids is 1. The third-order valence-corrected chi connectivity index (χ3v) is 4.36. The number of hydrogen-bond acceptors (Lipinski definition) is 4. The predicted octanol–water partition coefficient (Wildman–Crippen LogP) is 0.194. The zero-order valence-electron chi connectivity index (χ0n) is 12.6. The molecule has 3 atom stereocenters. The van der Waals surface area contributed by atoms with Crippen LogP contribution < -0.4 is 15.8 Å². The van der Waals surface area contributed by atoms with Crippen LogP contribution >= 0.6 is 0 Å². The molecule has 1 rings (SSSR count). The van der Waals surface area contributed by atoms with Crippen molar-refractivity contribution in [3.8, 4) is 0 Å². The Balaban J connectivity index is 2.42. The van der Waals surface area contributed by atoms with Crippen LogP contribution in [0.1, 0.15) is 39.5 Å². The molecule has 118 valence electrons. The fraction of sp³-hybridized carbons (Fsp3) is 0.923. The van der Waals surface area contributed by atoms with Crippen LogP contribution in [0.5, 0.6) is 0 Å². The molecule has 1 amide bonds. The van der Waals surface area contributed by atoms with Gasteiger partial charge in [-0.1, -0.05) is 20.3 Å². The molecule has 20 heavy (non-hydrogen) atoms. The van der Waals surface area contributed by atoms with Crippen molar-refractivity contribution >= 4 is 15.9 Å². The van der Waals surface area contributed by atoms with E-state index >= 15 is 0 Å². The van der Waals surface area contributed by atoms with Gasteiger partial charge >= 0.3 is 0 Å². The minimum atomic E-state index is -3.20. The monoisotopic (exact) mass is 305 g/mol. The van der Waals surface area contributed by atoms with Crippen LogP contribution in [0, 0.1) is 11.8 Å². The van der Waals surface area contributed by atoms with Crippen LogP contribution in [-0.2, 0) is 14.8 Å². The van der Waals surface area contributed by atoms with Crippen LogP contribution in [0.15, 0.2) is 0 Å². The molecular weight excluding hydrogens is 278 g/mol. The maximum absolute atomic E-state index is 11.9. The second-order valence-corrected chi connectivity index (χ2v) is 7.95. The summed E-state index contributed by atoms with van der Waals surface area (Å²) in [5, 5.41) is 2.85. The standard InChI is InChI=1S/C13H27N3O3S/c1-9(2)7-11(14)13(17)15-8-10-5-4-6-12(10)16-20(3,18)19/h9-12,16H,4-8,14H2,1-3H3,(H,15,17)/t10?,11-,12?/m0/s1. The van der Waals surface area contributed by atoms with E-state index in [-0.39, 0.29) is 17.9 Å². The number of amides is 1. The first-order valence-electron chi connectivity index (χ1n) is 7.19. The number of nitrogens with two attached hydrogens (primary N) is 1. The van der Waals surface area contributed by atoms with Crippen LogP contribution in [0.4, 0.5) is 0 Å². The second kappa shape index (κ2) is 7.38. The summed E-state index contributed by atoms with van der Waals surface area (Å²) in [5.74, 6) is 0.380. The van der Waals surface area contributed by atoms with Crippen molar-refractivity contribution in [2.24, 2.45) is 17.6 Å². The molecule has 0 bridgehead atoms. The van der Waals surface area contributed by atoms with E-state index in [2.05, 4.69) is 10.0 Å². The Labute approximate surface area is 121 Å². The summed E-state index contributed by atoms with van der Waals surface area (Å²) >= 11 is 0. The molecule has 0 heterocycles. The maximum Gasteiger partial charge on any atom is 0.236 e. The van der Waals surface area contributed by atoms with Gasteiger partial charge in [-0.2, -0.15) is 0 Å². The first-order valence-corrected chi connectivity index (χ1v) is 9.08. The number of hydrogen-bond donors (Lipinski definition) is 3. The van der Waals surface area contributed by atoms with E-state index in [4.69, 9.17) is 5.73 Å². The minimum absolute atomic E-state index is 0.0772.